The van der Waals surface area contributed by atoms with E-state index in [2.05, 4.69) is 37.8 Å². The molecular weight excluding hydrogens is 374 g/mol. The van der Waals surface area contributed by atoms with Crippen LogP contribution < -0.4 is 10.7 Å². The van der Waals surface area contributed by atoms with E-state index in [1.165, 1.54) is 5.39 Å². The molecule has 1 aromatic heterocycles. The summed E-state index contributed by atoms with van der Waals surface area (Å²) in [6, 6.07) is 16.1. The Labute approximate surface area is 146 Å². The minimum absolute atomic E-state index is 0.170. The summed E-state index contributed by atoms with van der Waals surface area (Å²) in [6.07, 6.45) is 1.63. The van der Waals surface area contributed by atoms with Gasteiger partial charge in [-0.15, -0.1) is 11.3 Å². The molecule has 0 aliphatic carbocycles. The van der Waals surface area contributed by atoms with Crippen molar-refractivity contribution in [1.29, 1.82) is 0 Å². The van der Waals surface area contributed by atoms with Crippen LogP contribution in [0, 0.1) is 0 Å². The Bertz CT molecular complexity index is 860. The maximum Gasteiger partial charge on any atom is 0.259 e. The quantitative estimate of drug-likeness (QED) is 0.508. The molecule has 23 heavy (non-hydrogen) atoms. The molecule has 0 atom stereocenters. The third-order valence-corrected chi connectivity index (χ3v) is 4.80. The molecular formula is C17H14BrN3OS. The number of carbonyl (C=O) groups is 1. The molecule has 3 rings (SSSR count). The molecule has 0 aliphatic heterocycles. The molecule has 0 saturated heterocycles. The normalized spacial score (nSPS) is 11.0. The fraction of sp³-hybridized carbons (Fsp3) is 0.0588. The minimum Gasteiger partial charge on any atom is -0.376 e. The second-order valence-electron chi connectivity index (χ2n) is 4.88. The number of halogens is 1. The lowest BCUT2D eigenvalue weighted by Crippen LogP contribution is -2.25. The molecule has 4 nitrogen and oxygen atoms in total. The van der Waals surface area contributed by atoms with E-state index in [1.54, 1.807) is 17.6 Å². The third-order valence-electron chi connectivity index (χ3n) is 3.17. The van der Waals surface area contributed by atoms with Gasteiger partial charge in [0.1, 0.15) is 0 Å². The van der Waals surface area contributed by atoms with Crippen LogP contribution in [-0.2, 0) is 4.79 Å². The highest BCUT2D eigenvalue weighted by Gasteiger charge is 2.01. The number of anilines is 1. The highest BCUT2D eigenvalue weighted by Crippen LogP contribution is 2.19. The number of fused-ring (bicyclic) bond motifs is 1. The summed E-state index contributed by atoms with van der Waals surface area (Å²) in [6.45, 7) is 0.170. The first kappa shape index (κ1) is 15.7. The number of carbonyl (C=O) groups excluding carboxylic acids is 1. The average molecular weight is 388 g/mol. The smallest absolute Gasteiger partial charge is 0.259 e. The first-order valence-electron chi connectivity index (χ1n) is 6.99. The molecule has 0 saturated carbocycles. The van der Waals surface area contributed by atoms with Gasteiger partial charge in [-0.3, -0.25) is 4.79 Å². The summed E-state index contributed by atoms with van der Waals surface area (Å²) in [4.78, 5) is 12.8. The van der Waals surface area contributed by atoms with E-state index in [4.69, 9.17) is 0 Å². The van der Waals surface area contributed by atoms with Crippen molar-refractivity contribution in [2.24, 2.45) is 5.10 Å². The first-order chi connectivity index (χ1) is 11.2. The Kier molecular flexibility index (Phi) is 5.05. The summed E-state index contributed by atoms with van der Waals surface area (Å²) in [5, 5.41) is 11.3. The molecule has 6 heteroatoms. The standard InChI is InChI=1S/C17H14BrN3OS/c18-14-8-16(23-11-14)9-20-21-17(22)10-19-15-6-5-12-3-1-2-4-13(12)7-15/h1-9,11,19H,10H2,(H,21,22)/b20-9+. The predicted molar refractivity (Wildman–Crippen MR) is 100 cm³/mol. The van der Waals surface area contributed by atoms with Gasteiger partial charge in [-0.1, -0.05) is 30.3 Å². The number of hydrogen-bond donors (Lipinski definition) is 2. The van der Waals surface area contributed by atoms with Gasteiger partial charge in [-0.05, 0) is 44.9 Å². The van der Waals surface area contributed by atoms with Crippen molar-refractivity contribution in [3.63, 3.8) is 0 Å². The predicted octanol–water partition coefficient (Wildman–Crippen LogP) is 4.23. The van der Waals surface area contributed by atoms with Gasteiger partial charge in [-0.2, -0.15) is 5.10 Å². The van der Waals surface area contributed by atoms with Gasteiger partial charge in [0.05, 0.1) is 12.8 Å². The number of amides is 1. The topological polar surface area (TPSA) is 53.5 Å². The highest BCUT2D eigenvalue weighted by molar-refractivity contribution is 9.10. The molecule has 0 bridgehead atoms. The van der Waals surface area contributed by atoms with Crippen molar-refractivity contribution in [1.82, 2.24) is 5.43 Å². The van der Waals surface area contributed by atoms with Crippen molar-refractivity contribution in [3.05, 3.63) is 63.3 Å². The number of hydrogen-bond acceptors (Lipinski definition) is 4. The number of thiophene rings is 1. The SMILES string of the molecule is O=C(CNc1ccc2ccccc2c1)N/N=C/c1cc(Br)cs1. The third kappa shape index (κ3) is 4.40. The van der Waals surface area contributed by atoms with Gasteiger partial charge >= 0.3 is 0 Å². The number of rotatable bonds is 5. The maximum absolute atomic E-state index is 11.8. The highest BCUT2D eigenvalue weighted by atomic mass is 79.9. The summed E-state index contributed by atoms with van der Waals surface area (Å²) < 4.78 is 1.01. The monoisotopic (exact) mass is 387 g/mol. The van der Waals surface area contributed by atoms with E-state index < -0.39 is 0 Å². The molecule has 116 valence electrons. The van der Waals surface area contributed by atoms with Crippen LogP contribution in [0.3, 0.4) is 0 Å². The Morgan fingerprint density at radius 1 is 1.17 bits per heavy atom. The van der Waals surface area contributed by atoms with Crippen LogP contribution in [0.1, 0.15) is 4.88 Å². The average Bonchev–Trinajstić information content (AvgIpc) is 2.98. The van der Waals surface area contributed by atoms with Crippen LogP contribution in [0.4, 0.5) is 5.69 Å². The lowest BCUT2D eigenvalue weighted by atomic mass is 10.1. The second kappa shape index (κ2) is 7.39. The van der Waals surface area contributed by atoms with Crippen molar-refractivity contribution in [3.8, 4) is 0 Å². The van der Waals surface area contributed by atoms with Crippen LogP contribution in [0.15, 0.2) is 63.5 Å². The molecule has 1 heterocycles. The summed E-state index contributed by atoms with van der Waals surface area (Å²) in [5.74, 6) is -0.190. The Balaban J connectivity index is 1.52. The second-order valence-corrected chi connectivity index (χ2v) is 6.73. The summed E-state index contributed by atoms with van der Waals surface area (Å²) in [7, 11) is 0. The Hall–Kier alpha value is -2.18. The van der Waals surface area contributed by atoms with Gasteiger partial charge in [0.25, 0.3) is 5.91 Å². The zero-order valence-corrected chi connectivity index (χ0v) is 14.5. The van der Waals surface area contributed by atoms with Crippen LogP contribution >= 0.6 is 27.3 Å². The van der Waals surface area contributed by atoms with Crippen molar-refractivity contribution >= 4 is 55.8 Å². The van der Waals surface area contributed by atoms with Crippen molar-refractivity contribution in [2.75, 3.05) is 11.9 Å². The van der Waals surface area contributed by atoms with Gasteiger partial charge in [0.2, 0.25) is 0 Å². The van der Waals surface area contributed by atoms with Gasteiger partial charge in [-0.25, -0.2) is 5.43 Å². The fourth-order valence-corrected chi connectivity index (χ4v) is 3.39. The maximum atomic E-state index is 11.8. The molecule has 0 fully saturated rings. The minimum atomic E-state index is -0.190. The molecule has 0 radical (unpaired) electrons. The number of benzene rings is 2. The Morgan fingerprint density at radius 2 is 2.00 bits per heavy atom. The lowest BCUT2D eigenvalue weighted by Gasteiger charge is -2.06. The molecule has 0 unspecified atom stereocenters. The van der Waals surface area contributed by atoms with E-state index in [1.807, 2.05) is 47.8 Å². The van der Waals surface area contributed by atoms with Crippen LogP contribution in [-0.4, -0.2) is 18.7 Å². The van der Waals surface area contributed by atoms with E-state index in [-0.39, 0.29) is 12.5 Å². The lowest BCUT2D eigenvalue weighted by molar-refractivity contribution is -0.119. The Morgan fingerprint density at radius 3 is 2.78 bits per heavy atom. The number of nitrogens with one attached hydrogen (secondary N) is 2. The van der Waals surface area contributed by atoms with Gasteiger partial charge in [0, 0.05) is 20.4 Å². The van der Waals surface area contributed by atoms with Crippen molar-refractivity contribution in [2.45, 2.75) is 0 Å². The van der Waals surface area contributed by atoms with Gasteiger partial charge in [0.15, 0.2) is 0 Å². The van der Waals surface area contributed by atoms with E-state index in [0.717, 1.165) is 20.4 Å². The molecule has 3 aromatic rings. The zero-order valence-electron chi connectivity index (χ0n) is 12.1. The number of hydrazone groups is 1. The molecule has 1 amide bonds. The van der Waals surface area contributed by atoms with E-state index in [9.17, 15) is 4.79 Å². The van der Waals surface area contributed by atoms with Gasteiger partial charge < -0.3 is 5.32 Å². The molecule has 0 spiro atoms. The van der Waals surface area contributed by atoms with Crippen LogP contribution in [0.25, 0.3) is 10.8 Å². The molecule has 2 aromatic carbocycles. The summed E-state index contributed by atoms with van der Waals surface area (Å²) >= 11 is 4.92. The molecule has 2 N–H and O–H groups in total. The van der Waals surface area contributed by atoms with E-state index in [0.29, 0.717) is 0 Å². The van der Waals surface area contributed by atoms with E-state index >= 15 is 0 Å². The largest absolute Gasteiger partial charge is 0.376 e. The fourth-order valence-electron chi connectivity index (χ4n) is 2.09. The first-order valence-corrected chi connectivity index (χ1v) is 8.66. The number of nitrogens with zero attached hydrogens (tertiary/aromatic N) is 1. The van der Waals surface area contributed by atoms with Crippen molar-refractivity contribution < 1.29 is 4.79 Å². The van der Waals surface area contributed by atoms with Crippen LogP contribution in [0.2, 0.25) is 0 Å². The zero-order chi connectivity index (χ0) is 16.1. The summed E-state index contributed by atoms with van der Waals surface area (Å²) in [5.41, 5.74) is 3.41. The molecule has 0 aliphatic rings. The van der Waals surface area contributed by atoms with Crippen LogP contribution in [0.5, 0.6) is 0 Å².